The number of carboxylic acid groups (broad SMARTS) is 1. The third kappa shape index (κ3) is 5.87. The lowest BCUT2D eigenvalue weighted by atomic mass is 9.81. The third-order valence-electron chi connectivity index (χ3n) is 6.12. The molecule has 0 spiro atoms. The van der Waals surface area contributed by atoms with Crippen molar-refractivity contribution >= 4 is 22.8 Å². The van der Waals surface area contributed by atoms with Gasteiger partial charge in [0, 0.05) is 11.5 Å². The second-order valence-corrected chi connectivity index (χ2v) is 8.94. The van der Waals surface area contributed by atoms with E-state index in [-0.39, 0.29) is 29.3 Å². The Balaban J connectivity index is 2.01. The first-order valence-corrected chi connectivity index (χ1v) is 11.2. The molecule has 0 aliphatic carbocycles. The molecule has 0 fully saturated rings. The van der Waals surface area contributed by atoms with E-state index in [2.05, 4.69) is 10.3 Å². The van der Waals surface area contributed by atoms with E-state index in [4.69, 9.17) is 9.47 Å². The quantitative estimate of drug-likeness (QED) is 0.402. The Bertz CT molecular complexity index is 1260. The van der Waals surface area contributed by atoms with Crippen molar-refractivity contribution in [1.29, 1.82) is 0 Å². The van der Waals surface area contributed by atoms with Gasteiger partial charge in [-0.15, -0.1) is 0 Å². The number of hydrogen-bond acceptors (Lipinski definition) is 5. The molecule has 192 valence electrons. The van der Waals surface area contributed by atoms with Crippen LogP contribution in [0.5, 0.6) is 11.6 Å². The molecule has 3 aromatic rings. The number of nitrogens with one attached hydrogen (secondary N) is 1. The Morgan fingerprint density at radius 1 is 1.06 bits per heavy atom. The van der Waals surface area contributed by atoms with Crippen molar-refractivity contribution in [3.8, 4) is 11.6 Å². The molecular weight excluding hydrogens is 477 g/mol. The Morgan fingerprint density at radius 2 is 1.69 bits per heavy atom. The Hall–Kier alpha value is -3.82. The lowest BCUT2D eigenvalue weighted by Crippen LogP contribution is -2.50. The van der Waals surface area contributed by atoms with Gasteiger partial charge in [0.1, 0.15) is 18.2 Å². The number of benzene rings is 2. The first kappa shape index (κ1) is 26.8. The van der Waals surface area contributed by atoms with Crippen molar-refractivity contribution in [2.75, 3.05) is 7.11 Å². The minimum atomic E-state index is -4.46. The van der Waals surface area contributed by atoms with Crippen LogP contribution in [0.15, 0.2) is 48.5 Å². The van der Waals surface area contributed by atoms with E-state index in [0.29, 0.717) is 17.4 Å². The van der Waals surface area contributed by atoms with Crippen molar-refractivity contribution in [3.05, 3.63) is 65.2 Å². The summed E-state index contributed by atoms with van der Waals surface area (Å²) < 4.78 is 49.8. The smallest absolute Gasteiger partial charge is 0.416 e. The maximum absolute atomic E-state index is 13.3. The molecule has 2 aromatic carbocycles. The Morgan fingerprint density at radius 3 is 2.25 bits per heavy atom. The number of carbonyl (C=O) groups excluding carboxylic acids is 1. The number of pyridine rings is 1. The number of fused-ring (bicyclic) bond motifs is 1. The number of ether oxygens (including phenoxy) is 2. The number of rotatable bonds is 9. The summed E-state index contributed by atoms with van der Waals surface area (Å²) in [6, 6.07) is 9.76. The topological polar surface area (TPSA) is 97.8 Å². The molecule has 2 N–H and O–H groups in total. The number of aromatic nitrogens is 1. The van der Waals surface area contributed by atoms with Crippen molar-refractivity contribution in [3.63, 3.8) is 0 Å². The van der Waals surface area contributed by atoms with Crippen LogP contribution in [-0.2, 0) is 17.6 Å². The summed E-state index contributed by atoms with van der Waals surface area (Å²) in [5, 5.41) is 12.9. The number of aliphatic carboxylic acids is 1. The summed E-state index contributed by atoms with van der Waals surface area (Å²) >= 11 is 0. The SMILES string of the molecule is CCC(C)(C)[C@H](NC(=O)c1ccc2ccc(OC)nc2c1OCc1ccc(C(F)(F)F)cc1)C(=O)O. The molecule has 7 nitrogen and oxygen atoms in total. The zero-order valence-corrected chi connectivity index (χ0v) is 20.3. The van der Waals surface area contributed by atoms with E-state index in [1.54, 1.807) is 32.0 Å². The van der Waals surface area contributed by atoms with Gasteiger partial charge in [0.15, 0.2) is 5.75 Å². The van der Waals surface area contributed by atoms with E-state index in [9.17, 15) is 27.9 Å². The maximum Gasteiger partial charge on any atom is 0.416 e. The van der Waals surface area contributed by atoms with Crippen LogP contribution in [0.2, 0.25) is 0 Å². The minimum Gasteiger partial charge on any atom is -0.486 e. The fourth-order valence-electron chi connectivity index (χ4n) is 3.53. The van der Waals surface area contributed by atoms with Gasteiger partial charge < -0.3 is 19.9 Å². The third-order valence-corrected chi connectivity index (χ3v) is 6.12. The summed E-state index contributed by atoms with van der Waals surface area (Å²) in [5.41, 5.74) is -0.768. The zero-order valence-electron chi connectivity index (χ0n) is 20.3. The molecule has 0 saturated heterocycles. The molecule has 3 rings (SSSR count). The predicted octanol–water partition coefficient (Wildman–Crippen LogP) is 5.46. The van der Waals surface area contributed by atoms with Crippen LogP contribution in [-0.4, -0.2) is 35.1 Å². The molecule has 0 aliphatic rings. The van der Waals surface area contributed by atoms with Gasteiger partial charge in [-0.3, -0.25) is 4.79 Å². The number of hydrogen-bond donors (Lipinski definition) is 2. The van der Waals surface area contributed by atoms with Crippen LogP contribution in [0.4, 0.5) is 13.2 Å². The van der Waals surface area contributed by atoms with Gasteiger partial charge in [0.25, 0.3) is 5.91 Å². The fourth-order valence-corrected chi connectivity index (χ4v) is 3.53. The number of methoxy groups -OCH3 is 1. The van der Waals surface area contributed by atoms with Gasteiger partial charge in [0.05, 0.1) is 18.2 Å². The summed E-state index contributed by atoms with van der Waals surface area (Å²) in [5.74, 6) is -1.54. The summed E-state index contributed by atoms with van der Waals surface area (Å²) in [6.07, 6.45) is -3.97. The molecule has 0 bridgehead atoms. The highest BCUT2D eigenvalue weighted by Crippen LogP contribution is 2.33. The number of alkyl halides is 3. The highest BCUT2D eigenvalue weighted by atomic mass is 19.4. The van der Waals surface area contributed by atoms with Gasteiger partial charge in [-0.1, -0.05) is 39.0 Å². The van der Waals surface area contributed by atoms with E-state index in [0.717, 1.165) is 12.1 Å². The number of carbonyl (C=O) groups is 2. The highest BCUT2D eigenvalue weighted by Gasteiger charge is 2.36. The van der Waals surface area contributed by atoms with Crippen molar-refractivity contribution in [2.45, 2.75) is 46.0 Å². The molecule has 36 heavy (non-hydrogen) atoms. The first-order valence-electron chi connectivity index (χ1n) is 11.2. The second-order valence-electron chi connectivity index (χ2n) is 8.94. The van der Waals surface area contributed by atoms with Crippen molar-refractivity contribution < 1.29 is 37.3 Å². The standard InChI is InChI=1S/C26H27F3N2O5/c1-5-25(2,3)22(24(33)34)31-23(32)18-12-8-16-9-13-19(35-4)30-20(16)21(18)36-14-15-6-10-17(11-7-15)26(27,28)29/h6-13,22H,5,14H2,1-4H3,(H,31,32)(H,33,34)/t22-/m1/s1. The first-order chi connectivity index (χ1) is 16.9. The number of amides is 1. The van der Waals surface area contributed by atoms with Crippen LogP contribution in [0, 0.1) is 5.41 Å². The van der Waals surface area contributed by atoms with Crippen LogP contribution >= 0.6 is 0 Å². The van der Waals surface area contributed by atoms with E-state index in [1.165, 1.54) is 25.3 Å². The van der Waals surface area contributed by atoms with E-state index < -0.39 is 35.1 Å². The number of carboxylic acids is 1. The van der Waals surface area contributed by atoms with Gasteiger partial charge in [0.2, 0.25) is 5.88 Å². The van der Waals surface area contributed by atoms with Crippen molar-refractivity contribution in [1.82, 2.24) is 10.3 Å². The molecule has 0 aliphatic heterocycles. The maximum atomic E-state index is 13.3. The fraction of sp³-hybridized carbons (Fsp3) is 0.346. The van der Waals surface area contributed by atoms with E-state index in [1.807, 2.05) is 6.92 Å². The molecule has 1 amide bonds. The monoisotopic (exact) mass is 504 g/mol. The number of nitrogens with zero attached hydrogens (tertiary/aromatic N) is 1. The van der Waals surface area contributed by atoms with Crippen LogP contribution in [0.1, 0.15) is 48.7 Å². The molecule has 0 unspecified atom stereocenters. The highest BCUT2D eigenvalue weighted by molar-refractivity contribution is 6.04. The molecule has 0 radical (unpaired) electrons. The molecule has 1 heterocycles. The largest absolute Gasteiger partial charge is 0.486 e. The van der Waals surface area contributed by atoms with Crippen LogP contribution in [0.3, 0.4) is 0 Å². The summed E-state index contributed by atoms with van der Waals surface area (Å²) in [6.45, 7) is 5.15. The average molecular weight is 505 g/mol. The molecule has 1 atom stereocenters. The van der Waals surface area contributed by atoms with Gasteiger partial charge in [-0.05, 0) is 41.7 Å². The molecule has 1 aromatic heterocycles. The average Bonchev–Trinajstić information content (AvgIpc) is 2.84. The summed E-state index contributed by atoms with van der Waals surface area (Å²) in [4.78, 5) is 29.6. The Labute approximate surface area is 206 Å². The summed E-state index contributed by atoms with van der Waals surface area (Å²) in [7, 11) is 1.43. The van der Waals surface area contributed by atoms with Gasteiger partial charge in [-0.25, -0.2) is 9.78 Å². The minimum absolute atomic E-state index is 0.0355. The normalized spacial score (nSPS) is 12.8. The molecule has 0 saturated carbocycles. The van der Waals surface area contributed by atoms with Crippen molar-refractivity contribution in [2.24, 2.45) is 5.41 Å². The second kappa shape index (κ2) is 10.4. The lowest BCUT2D eigenvalue weighted by Gasteiger charge is -2.31. The molecular formula is C26H27F3N2O5. The lowest BCUT2D eigenvalue weighted by molar-refractivity contribution is -0.142. The Kier molecular flexibility index (Phi) is 7.76. The van der Waals surface area contributed by atoms with Gasteiger partial charge in [-0.2, -0.15) is 13.2 Å². The van der Waals surface area contributed by atoms with Gasteiger partial charge >= 0.3 is 12.1 Å². The predicted molar refractivity (Wildman–Crippen MR) is 127 cm³/mol. The zero-order chi connectivity index (χ0) is 26.7. The van der Waals surface area contributed by atoms with E-state index >= 15 is 0 Å². The van der Waals surface area contributed by atoms with Crippen LogP contribution < -0.4 is 14.8 Å². The molecule has 10 heteroatoms. The number of halogens is 3. The van der Waals surface area contributed by atoms with Crippen LogP contribution in [0.25, 0.3) is 10.9 Å².